The summed E-state index contributed by atoms with van der Waals surface area (Å²) < 4.78 is 20.5. The van der Waals surface area contributed by atoms with Crippen molar-refractivity contribution in [3.8, 4) is 0 Å². The minimum Gasteiger partial charge on any atom is -0.463 e. The second-order valence-electron chi connectivity index (χ2n) is 5.46. The van der Waals surface area contributed by atoms with E-state index in [0.29, 0.717) is 0 Å². The molecular formula is C14H21NO8. The zero-order chi connectivity index (χ0) is 17.1. The number of methoxy groups -OCH3 is 1. The number of carbonyl (C=O) groups is 3. The highest BCUT2D eigenvalue weighted by Crippen LogP contribution is 2.45. The van der Waals surface area contributed by atoms with Gasteiger partial charge in [0.25, 0.3) is 0 Å². The lowest BCUT2D eigenvalue weighted by Gasteiger charge is -2.32. The number of carbonyl (C=O) groups excluding carboxylic acids is 3. The van der Waals surface area contributed by atoms with E-state index in [4.69, 9.17) is 18.9 Å². The molecule has 0 aromatic rings. The standard InChI is InChI=1S/C14H21NO8/c1-6(16)22-12-9(17)10-8(14(19)21-5-4-20-3)7(11(12)23-10)13(18)15-2/h7-12,17H,4-5H2,1-3H3,(H,15,18)/t7?,8?,9?,10?,11-,12-/m0/s1. The van der Waals surface area contributed by atoms with Crippen LogP contribution in [0.1, 0.15) is 6.92 Å². The molecule has 2 aliphatic rings. The van der Waals surface area contributed by atoms with Crippen LogP contribution in [0.3, 0.4) is 0 Å². The van der Waals surface area contributed by atoms with E-state index in [0.717, 1.165) is 0 Å². The van der Waals surface area contributed by atoms with Crippen LogP contribution < -0.4 is 5.32 Å². The zero-order valence-electron chi connectivity index (χ0n) is 13.2. The third-order valence-electron chi connectivity index (χ3n) is 4.06. The van der Waals surface area contributed by atoms with Crippen LogP contribution in [0.4, 0.5) is 0 Å². The highest BCUT2D eigenvalue weighted by atomic mass is 16.6. The lowest BCUT2D eigenvalue weighted by Crippen LogP contribution is -2.55. The Morgan fingerprint density at radius 2 is 1.87 bits per heavy atom. The summed E-state index contributed by atoms with van der Waals surface area (Å²) in [6.45, 7) is 1.45. The molecule has 2 heterocycles. The van der Waals surface area contributed by atoms with Crippen molar-refractivity contribution < 1.29 is 38.4 Å². The van der Waals surface area contributed by atoms with Crippen LogP contribution >= 0.6 is 0 Å². The molecule has 0 saturated carbocycles. The molecule has 2 N–H and O–H groups in total. The predicted molar refractivity (Wildman–Crippen MR) is 74.1 cm³/mol. The highest BCUT2D eigenvalue weighted by molar-refractivity contribution is 5.87. The van der Waals surface area contributed by atoms with Crippen LogP contribution in [0.25, 0.3) is 0 Å². The maximum absolute atomic E-state index is 12.3. The molecule has 0 radical (unpaired) electrons. The van der Waals surface area contributed by atoms with Crippen molar-refractivity contribution in [3.05, 3.63) is 0 Å². The lowest BCUT2D eigenvalue weighted by molar-refractivity contribution is -0.165. The van der Waals surface area contributed by atoms with Gasteiger partial charge >= 0.3 is 11.9 Å². The van der Waals surface area contributed by atoms with Crippen molar-refractivity contribution in [2.24, 2.45) is 11.8 Å². The van der Waals surface area contributed by atoms with E-state index < -0.39 is 54.1 Å². The van der Waals surface area contributed by atoms with Crippen LogP contribution in [0.5, 0.6) is 0 Å². The van der Waals surface area contributed by atoms with Crippen molar-refractivity contribution in [2.75, 3.05) is 27.4 Å². The molecule has 2 aliphatic heterocycles. The molecule has 0 spiro atoms. The Hall–Kier alpha value is -1.71. The van der Waals surface area contributed by atoms with Crippen molar-refractivity contribution in [3.63, 3.8) is 0 Å². The lowest BCUT2D eigenvalue weighted by atomic mass is 9.75. The number of hydrogen-bond donors (Lipinski definition) is 2. The number of ether oxygens (including phenoxy) is 4. The first-order chi connectivity index (χ1) is 10.9. The topological polar surface area (TPSA) is 120 Å². The van der Waals surface area contributed by atoms with Crippen LogP contribution in [0, 0.1) is 11.8 Å². The summed E-state index contributed by atoms with van der Waals surface area (Å²) in [5, 5.41) is 12.7. The third-order valence-corrected chi connectivity index (χ3v) is 4.06. The Kier molecular flexibility index (Phi) is 5.55. The van der Waals surface area contributed by atoms with Gasteiger partial charge in [0.2, 0.25) is 5.91 Å². The number of esters is 2. The molecule has 0 aromatic carbocycles. The second kappa shape index (κ2) is 7.24. The summed E-state index contributed by atoms with van der Waals surface area (Å²) in [5.74, 6) is -3.54. The van der Waals surface area contributed by atoms with E-state index in [1.54, 1.807) is 0 Å². The molecule has 4 unspecified atom stereocenters. The number of fused-ring (bicyclic) bond motifs is 2. The van der Waals surface area contributed by atoms with E-state index in [9.17, 15) is 19.5 Å². The Morgan fingerprint density at radius 3 is 2.43 bits per heavy atom. The molecular weight excluding hydrogens is 310 g/mol. The van der Waals surface area contributed by atoms with Crippen molar-refractivity contribution in [2.45, 2.75) is 31.3 Å². The molecule has 9 heteroatoms. The normalized spacial score (nSPS) is 35.0. The average Bonchev–Trinajstić information content (AvgIpc) is 3.03. The summed E-state index contributed by atoms with van der Waals surface area (Å²) in [6.07, 6.45) is -4.02. The van der Waals surface area contributed by atoms with Crippen molar-refractivity contribution in [1.82, 2.24) is 5.32 Å². The molecule has 1 amide bonds. The minimum atomic E-state index is -1.19. The highest BCUT2D eigenvalue weighted by Gasteiger charge is 2.65. The van der Waals surface area contributed by atoms with E-state index in [1.165, 1.54) is 21.1 Å². The van der Waals surface area contributed by atoms with Gasteiger partial charge in [-0.3, -0.25) is 14.4 Å². The number of aliphatic hydroxyl groups is 1. The van der Waals surface area contributed by atoms with E-state index in [-0.39, 0.29) is 13.2 Å². The molecule has 2 fully saturated rings. The van der Waals surface area contributed by atoms with Crippen LogP contribution in [0.2, 0.25) is 0 Å². The van der Waals surface area contributed by atoms with E-state index in [2.05, 4.69) is 5.32 Å². The summed E-state index contributed by atoms with van der Waals surface area (Å²) in [7, 11) is 2.90. The molecule has 2 saturated heterocycles. The van der Waals surface area contributed by atoms with E-state index >= 15 is 0 Å². The van der Waals surface area contributed by atoms with Gasteiger partial charge in [0, 0.05) is 21.1 Å². The van der Waals surface area contributed by atoms with Crippen molar-refractivity contribution >= 4 is 17.8 Å². The Balaban J connectivity index is 2.17. The molecule has 9 nitrogen and oxygen atoms in total. The Morgan fingerprint density at radius 1 is 1.17 bits per heavy atom. The molecule has 0 aliphatic carbocycles. The second-order valence-corrected chi connectivity index (χ2v) is 5.46. The maximum Gasteiger partial charge on any atom is 0.312 e. The Bertz CT molecular complexity index is 481. The van der Waals surface area contributed by atoms with Gasteiger partial charge in [-0.1, -0.05) is 0 Å². The first kappa shape index (κ1) is 17.6. The number of nitrogens with one attached hydrogen (secondary N) is 1. The van der Waals surface area contributed by atoms with Gasteiger partial charge in [0.05, 0.1) is 18.4 Å². The number of amides is 1. The van der Waals surface area contributed by atoms with Gasteiger partial charge in [-0.2, -0.15) is 0 Å². The summed E-state index contributed by atoms with van der Waals surface area (Å²) >= 11 is 0. The quantitative estimate of drug-likeness (QED) is 0.433. The maximum atomic E-state index is 12.3. The van der Waals surface area contributed by atoms with Gasteiger partial charge < -0.3 is 29.4 Å². The predicted octanol–water partition coefficient (Wildman–Crippen LogP) is -1.77. The molecule has 2 bridgehead atoms. The minimum absolute atomic E-state index is 0.0349. The SMILES string of the molecule is CNC(=O)C1C(C(=O)OCCOC)C2O[C@@H]1[C@@H](OC(C)=O)C2O. The first-order valence-corrected chi connectivity index (χ1v) is 7.30. The molecule has 0 aromatic heterocycles. The molecule has 6 atom stereocenters. The summed E-state index contributed by atoms with van der Waals surface area (Å²) in [4.78, 5) is 35.6. The molecule has 23 heavy (non-hydrogen) atoms. The smallest absolute Gasteiger partial charge is 0.312 e. The van der Waals surface area contributed by atoms with Crippen molar-refractivity contribution in [1.29, 1.82) is 0 Å². The van der Waals surface area contributed by atoms with Crippen LogP contribution in [0.15, 0.2) is 0 Å². The fourth-order valence-electron chi connectivity index (χ4n) is 3.13. The van der Waals surface area contributed by atoms with Gasteiger partial charge in [-0.25, -0.2) is 0 Å². The van der Waals surface area contributed by atoms with E-state index in [1.807, 2.05) is 0 Å². The summed E-state index contributed by atoms with van der Waals surface area (Å²) in [6, 6.07) is 0. The number of rotatable bonds is 6. The molecule has 130 valence electrons. The Labute approximate surface area is 133 Å². The summed E-state index contributed by atoms with van der Waals surface area (Å²) in [5.41, 5.74) is 0. The zero-order valence-corrected chi connectivity index (χ0v) is 13.2. The average molecular weight is 331 g/mol. The van der Waals surface area contributed by atoms with Gasteiger partial charge in [-0.15, -0.1) is 0 Å². The van der Waals surface area contributed by atoms with Gasteiger partial charge in [0.1, 0.15) is 24.9 Å². The fourth-order valence-corrected chi connectivity index (χ4v) is 3.13. The van der Waals surface area contributed by atoms with Gasteiger partial charge in [-0.05, 0) is 0 Å². The third kappa shape index (κ3) is 3.31. The number of hydrogen-bond acceptors (Lipinski definition) is 8. The monoisotopic (exact) mass is 331 g/mol. The van der Waals surface area contributed by atoms with Gasteiger partial charge in [0.15, 0.2) is 6.10 Å². The van der Waals surface area contributed by atoms with Crippen LogP contribution in [-0.4, -0.2) is 74.7 Å². The number of aliphatic hydroxyl groups excluding tert-OH is 1. The largest absolute Gasteiger partial charge is 0.463 e. The first-order valence-electron chi connectivity index (χ1n) is 7.30. The molecule has 2 rings (SSSR count). The fraction of sp³-hybridized carbons (Fsp3) is 0.786. The van der Waals surface area contributed by atoms with Crippen LogP contribution in [-0.2, 0) is 33.3 Å².